The minimum Gasteiger partial charge on any atom is -0.330 e. The van der Waals surface area contributed by atoms with Crippen molar-refractivity contribution in [2.75, 3.05) is 6.54 Å². The van der Waals surface area contributed by atoms with Crippen LogP contribution in [0.2, 0.25) is 0 Å². The van der Waals surface area contributed by atoms with Gasteiger partial charge in [0.1, 0.15) is 5.82 Å². The number of hydrogen-bond donors (Lipinski definition) is 1. The van der Waals surface area contributed by atoms with Crippen molar-refractivity contribution in [2.24, 2.45) is 5.73 Å². The molecule has 0 aliphatic rings. The van der Waals surface area contributed by atoms with Crippen molar-refractivity contribution >= 4 is 16.3 Å². The van der Waals surface area contributed by atoms with E-state index in [1.54, 1.807) is 11.3 Å². The summed E-state index contributed by atoms with van der Waals surface area (Å²) in [6.45, 7) is 2.71. The minimum atomic E-state index is 0.587. The first-order valence-corrected chi connectivity index (χ1v) is 6.72. The average Bonchev–Trinajstić information content (AvgIpc) is 2.90. The van der Waals surface area contributed by atoms with E-state index in [1.165, 1.54) is 16.1 Å². The second-order valence-corrected chi connectivity index (χ2v) is 5.33. The van der Waals surface area contributed by atoms with Crippen molar-refractivity contribution in [3.63, 3.8) is 0 Å². The highest BCUT2D eigenvalue weighted by molar-refractivity contribution is 7.17. The van der Waals surface area contributed by atoms with E-state index < -0.39 is 0 Å². The zero-order valence-corrected chi connectivity index (χ0v) is 10.9. The normalized spacial score (nSPS) is 11.2. The highest BCUT2D eigenvalue weighted by Gasteiger charge is 2.15. The van der Waals surface area contributed by atoms with Gasteiger partial charge in [-0.3, -0.25) is 4.40 Å². The number of aryl methyl sites for hydroxylation is 1. The average molecular weight is 258 g/mol. The predicted octanol–water partition coefficient (Wildman–Crippen LogP) is 2.27. The first-order valence-electron chi connectivity index (χ1n) is 5.90. The second-order valence-electron chi connectivity index (χ2n) is 4.15. The molecule has 0 bridgehead atoms. The summed E-state index contributed by atoms with van der Waals surface area (Å²) < 4.78 is 2.13. The maximum Gasteiger partial charge on any atom is 0.216 e. The Balaban J connectivity index is 2.27. The fourth-order valence-corrected chi connectivity index (χ4v) is 3.10. The topological polar surface area (TPSA) is 56.2 Å². The summed E-state index contributed by atoms with van der Waals surface area (Å²) in [5.41, 5.74) is 8.01. The van der Waals surface area contributed by atoms with E-state index in [9.17, 15) is 0 Å². The SMILES string of the molecule is Cc1sc2nnc(CCN)n2c1-c1ccccc1. The molecule has 4 nitrogen and oxygen atoms in total. The number of rotatable bonds is 3. The molecule has 92 valence electrons. The third kappa shape index (κ3) is 1.72. The largest absolute Gasteiger partial charge is 0.330 e. The van der Waals surface area contributed by atoms with Gasteiger partial charge in [0.25, 0.3) is 0 Å². The molecule has 0 unspecified atom stereocenters. The van der Waals surface area contributed by atoms with Crippen LogP contribution in [0, 0.1) is 6.92 Å². The Hall–Kier alpha value is -1.72. The van der Waals surface area contributed by atoms with Crippen molar-refractivity contribution < 1.29 is 0 Å². The molecule has 0 saturated heterocycles. The molecule has 0 saturated carbocycles. The Morgan fingerprint density at radius 3 is 2.72 bits per heavy atom. The zero-order valence-electron chi connectivity index (χ0n) is 10.1. The van der Waals surface area contributed by atoms with Gasteiger partial charge in [-0.05, 0) is 19.0 Å². The number of nitrogens with zero attached hydrogens (tertiary/aromatic N) is 3. The standard InChI is InChI=1S/C13H14N4S/c1-9-12(10-5-3-2-4-6-10)17-11(7-8-14)15-16-13(17)18-9/h2-6H,7-8,14H2,1H3. The van der Waals surface area contributed by atoms with Gasteiger partial charge in [-0.2, -0.15) is 0 Å². The lowest BCUT2D eigenvalue weighted by Gasteiger charge is -2.03. The lowest BCUT2D eigenvalue weighted by atomic mass is 10.1. The molecule has 3 aromatic rings. The third-order valence-electron chi connectivity index (χ3n) is 2.92. The monoisotopic (exact) mass is 258 g/mol. The van der Waals surface area contributed by atoms with Crippen LogP contribution >= 0.6 is 11.3 Å². The number of hydrogen-bond acceptors (Lipinski definition) is 4. The van der Waals surface area contributed by atoms with Crippen LogP contribution in [0.15, 0.2) is 30.3 Å². The molecule has 0 atom stereocenters. The van der Waals surface area contributed by atoms with Crippen LogP contribution in [-0.2, 0) is 6.42 Å². The number of fused-ring (bicyclic) bond motifs is 1. The Kier molecular flexibility index (Phi) is 2.85. The van der Waals surface area contributed by atoms with Crippen LogP contribution in [0.25, 0.3) is 16.2 Å². The van der Waals surface area contributed by atoms with Gasteiger partial charge >= 0.3 is 0 Å². The summed E-state index contributed by atoms with van der Waals surface area (Å²) >= 11 is 1.67. The molecule has 2 heterocycles. The summed E-state index contributed by atoms with van der Waals surface area (Å²) in [5, 5.41) is 8.44. The molecule has 5 heteroatoms. The lowest BCUT2D eigenvalue weighted by Crippen LogP contribution is -2.06. The van der Waals surface area contributed by atoms with Gasteiger partial charge in [-0.15, -0.1) is 10.2 Å². The van der Waals surface area contributed by atoms with Gasteiger partial charge in [0, 0.05) is 11.3 Å². The van der Waals surface area contributed by atoms with Gasteiger partial charge in [0.05, 0.1) is 5.69 Å². The summed E-state index contributed by atoms with van der Waals surface area (Å²) in [4.78, 5) is 2.19. The molecule has 3 rings (SSSR count). The van der Waals surface area contributed by atoms with Crippen LogP contribution in [0.3, 0.4) is 0 Å². The van der Waals surface area contributed by atoms with E-state index in [1.807, 2.05) is 18.2 Å². The predicted molar refractivity (Wildman–Crippen MR) is 73.8 cm³/mol. The van der Waals surface area contributed by atoms with E-state index in [-0.39, 0.29) is 0 Å². The van der Waals surface area contributed by atoms with E-state index in [0.717, 1.165) is 17.2 Å². The first-order chi connectivity index (χ1) is 8.81. The molecule has 0 spiro atoms. The molecular weight excluding hydrogens is 244 g/mol. The van der Waals surface area contributed by atoms with E-state index in [0.29, 0.717) is 6.54 Å². The summed E-state index contributed by atoms with van der Waals surface area (Å²) in [7, 11) is 0. The fourth-order valence-electron chi connectivity index (χ4n) is 2.15. The van der Waals surface area contributed by atoms with Crippen LogP contribution in [-0.4, -0.2) is 21.1 Å². The molecular formula is C13H14N4S. The van der Waals surface area contributed by atoms with E-state index >= 15 is 0 Å². The molecule has 1 aromatic carbocycles. The van der Waals surface area contributed by atoms with Crippen LogP contribution in [0.5, 0.6) is 0 Å². The minimum absolute atomic E-state index is 0.587. The Morgan fingerprint density at radius 1 is 1.22 bits per heavy atom. The summed E-state index contributed by atoms with van der Waals surface area (Å²) in [6, 6.07) is 10.3. The number of aromatic nitrogens is 3. The smallest absolute Gasteiger partial charge is 0.216 e. The molecule has 18 heavy (non-hydrogen) atoms. The highest BCUT2D eigenvalue weighted by Crippen LogP contribution is 2.31. The molecule has 0 aliphatic carbocycles. The van der Waals surface area contributed by atoms with Crippen molar-refractivity contribution in [3.05, 3.63) is 41.0 Å². The molecule has 0 amide bonds. The Labute approximate surface area is 109 Å². The van der Waals surface area contributed by atoms with Crippen LogP contribution < -0.4 is 5.73 Å². The van der Waals surface area contributed by atoms with Gasteiger partial charge in [-0.25, -0.2) is 0 Å². The van der Waals surface area contributed by atoms with Gasteiger partial charge < -0.3 is 5.73 Å². The van der Waals surface area contributed by atoms with Crippen LogP contribution in [0.1, 0.15) is 10.7 Å². The molecule has 2 aromatic heterocycles. The quantitative estimate of drug-likeness (QED) is 0.784. The lowest BCUT2D eigenvalue weighted by molar-refractivity contribution is 0.850. The molecule has 0 radical (unpaired) electrons. The van der Waals surface area contributed by atoms with E-state index in [2.05, 4.69) is 33.7 Å². The summed E-state index contributed by atoms with van der Waals surface area (Å²) in [5.74, 6) is 0.940. The maximum atomic E-state index is 5.63. The zero-order chi connectivity index (χ0) is 12.5. The summed E-state index contributed by atoms with van der Waals surface area (Å²) in [6.07, 6.45) is 0.747. The van der Waals surface area contributed by atoms with E-state index in [4.69, 9.17) is 5.73 Å². The van der Waals surface area contributed by atoms with Crippen molar-refractivity contribution in [1.29, 1.82) is 0 Å². The van der Waals surface area contributed by atoms with Gasteiger partial charge in [-0.1, -0.05) is 41.7 Å². The highest BCUT2D eigenvalue weighted by atomic mass is 32.1. The fraction of sp³-hybridized carbons (Fsp3) is 0.231. The Morgan fingerprint density at radius 2 is 2.00 bits per heavy atom. The van der Waals surface area contributed by atoms with Crippen molar-refractivity contribution in [1.82, 2.24) is 14.6 Å². The molecule has 2 N–H and O–H groups in total. The van der Waals surface area contributed by atoms with Crippen LogP contribution in [0.4, 0.5) is 0 Å². The molecule has 0 fully saturated rings. The number of nitrogens with two attached hydrogens (primary N) is 1. The number of benzene rings is 1. The van der Waals surface area contributed by atoms with Gasteiger partial charge in [0.15, 0.2) is 0 Å². The Bertz CT molecular complexity index is 669. The number of thiazole rings is 1. The molecule has 0 aliphatic heterocycles. The third-order valence-corrected chi connectivity index (χ3v) is 3.86. The van der Waals surface area contributed by atoms with Crippen molar-refractivity contribution in [3.8, 4) is 11.3 Å². The van der Waals surface area contributed by atoms with Crippen molar-refractivity contribution in [2.45, 2.75) is 13.3 Å². The second kappa shape index (κ2) is 4.51. The van der Waals surface area contributed by atoms with Gasteiger partial charge in [0.2, 0.25) is 4.96 Å². The first kappa shape index (κ1) is 11.4. The maximum absolute atomic E-state index is 5.63.